The highest BCUT2D eigenvalue weighted by atomic mass is 79.9. The van der Waals surface area contributed by atoms with Crippen LogP contribution in [0.2, 0.25) is 0 Å². The predicted octanol–water partition coefficient (Wildman–Crippen LogP) is 3.42. The lowest BCUT2D eigenvalue weighted by atomic mass is 10.1. The SMILES string of the molecule is O=Cc1ccc(C(F)(F)F)c(F)c1Br. The van der Waals surface area contributed by atoms with Crippen molar-refractivity contribution in [1.82, 2.24) is 0 Å². The minimum atomic E-state index is -4.76. The molecule has 0 saturated carbocycles. The quantitative estimate of drug-likeness (QED) is 0.565. The van der Waals surface area contributed by atoms with Crippen molar-refractivity contribution >= 4 is 22.2 Å². The van der Waals surface area contributed by atoms with Crippen LogP contribution in [0.3, 0.4) is 0 Å². The Bertz CT molecular complexity index is 372. The molecule has 0 spiro atoms. The lowest BCUT2D eigenvalue weighted by Crippen LogP contribution is -2.09. The van der Waals surface area contributed by atoms with Crippen molar-refractivity contribution in [2.75, 3.05) is 0 Å². The maximum atomic E-state index is 13.0. The maximum absolute atomic E-state index is 13.0. The first-order valence-corrected chi connectivity index (χ1v) is 4.17. The molecule has 76 valence electrons. The Morgan fingerprint density at radius 3 is 2.29 bits per heavy atom. The Kier molecular flexibility index (Phi) is 2.94. The lowest BCUT2D eigenvalue weighted by Gasteiger charge is -2.09. The van der Waals surface area contributed by atoms with E-state index >= 15 is 0 Å². The van der Waals surface area contributed by atoms with Crippen molar-refractivity contribution in [3.8, 4) is 0 Å². The average Bonchev–Trinajstić information content (AvgIpc) is 2.07. The average molecular weight is 271 g/mol. The van der Waals surface area contributed by atoms with Crippen LogP contribution in [0.15, 0.2) is 16.6 Å². The van der Waals surface area contributed by atoms with Crippen LogP contribution >= 0.6 is 15.9 Å². The molecule has 6 heteroatoms. The maximum Gasteiger partial charge on any atom is 0.419 e. The molecule has 0 N–H and O–H groups in total. The van der Waals surface area contributed by atoms with E-state index in [1.165, 1.54) is 0 Å². The summed E-state index contributed by atoms with van der Waals surface area (Å²) >= 11 is 2.58. The molecule has 1 rings (SSSR count). The summed E-state index contributed by atoms with van der Waals surface area (Å²) in [6.45, 7) is 0. The molecule has 0 aliphatic heterocycles. The molecule has 14 heavy (non-hydrogen) atoms. The van der Waals surface area contributed by atoms with Gasteiger partial charge in [0.25, 0.3) is 0 Å². The Balaban J connectivity index is 3.38. The minimum absolute atomic E-state index is 0.157. The number of rotatable bonds is 1. The number of benzene rings is 1. The summed E-state index contributed by atoms with van der Waals surface area (Å²) in [6.07, 6.45) is -4.48. The van der Waals surface area contributed by atoms with Gasteiger partial charge in [0.15, 0.2) is 6.29 Å². The Labute approximate surface area is 84.9 Å². The molecule has 0 amide bonds. The van der Waals surface area contributed by atoms with Gasteiger partial charge in [-0.3, -0.25) is 4.79 Å². The molecule has 0 aliphatic rings. The van der Waals surface area contributed by atoms with E-state index in [1.54, 1.807) is 0 Å². The fraction of sp³-hybridized carbons (Fsp3) is 0.125. The molecule has 1 aromatic rings. The molecule has 0 bridgehead atoms. The second-order valence-electron chi connectivity index (χ2n) is 2.45. The highest BCUT2D eigenvalue weighted by molar-refractivity contribution is 9.10. The summed E-state index contributed by atoms with van der Waals surface area (Å²) in [5, 5.41) is 0. The van der Waals surface area contributed by atoms with Crippen molar-refractivity contribution in [2.45, 2.75) is 6.18 Å². The number of hydrogen-bond acceptors (Lipinski definition) is 1. The van der Waals surface area contributed by atoms with Crippen molar-refractivity contribution in [3.05, 3.63) is 33.5 Å². The van der Waals surface area contributed by atoms with Crippen molar-refractivity contribution in [3.63, 3.8) is 0 Å². The fourth-order valence-corrected chi connectivity index (χ4v) is 1.31. The third-order valence-corrected chi connectivity index (χ3v) is 2.35. The van der Waals surface area contributed by atoms with E-state index in [4.69, 9.17) is 0 Å². The molecule has 1 aromatic carbocycles. The van der Waals surface area contributed by atoms with E-state index in [0.717, 1.165) is 6.07 Å². The first kappa shape index (κ1) is 11.2. The van der Waals surface area contributed by atoms with E-state index in [9.17, 15) is 22.4 Å². The molecule has 0 atom stereocenters. The van der Waals surface area contributed by atoms with Gasteiger partial charge in [0.1, 0.15) is 5.82 Å². The topological polar surface area (TPSA) is 17.1 Å². The second-order valence-corrected chi connectivity index (χ2v) is 3.24. The van der Waals surface area contributed by atoms with Crippen LogP contribution in [0.5, 0.6) is 0 Å². The van der Waals surface area contributed by atoms with Gasteiger partial charge in [-0.2, -0.15) is 13.2 Å². The number of alkyl halides is 3. The largest absolute Gasteiger partial charge is 0.419 e. The summed E-state index contributed by atoms with van der Waals surface area (Å²) < 4.78 is 48.9. The Hall–Kier alpha value is -0.910. The number of carbonyl (C=O) groups is 1. The van der Waals surface area contributed by atoms with Gasteiger partial charge in [-0.25, -0.2) is 4.39 Å². The zero-order valence-electron chi connectivity index (χ0n) is 6.53. The third kappa shape index (κ3) is 1.95. The van der Waals surface area contributed by atoms with E-state index < -0.39 is 22.0 Å². The Morgan fingerprint density at radius 1 is 1.29 bits per heavy atom. The molecule has 0 unspecified atom stereocenters. The molecule has 0 radical (unpaired) electrons. The summed E-state index contributed by atoms with van der Waals surface area (Å²) in [5.74, 6) is -1.47. The van der Waals surface area contributed by atoms with Crippen LogP contribution in [0.4, 0.5) is 17.6 Å². The zero-order chi connectivity index (χ0) is 10.9. The third-order valence-electron chi connectivity index (χ3n) is 1.54. The normalized spacial score (nSPS) is 11.5. The van der Waals surface area contributed by atoms with E-state index in [0.29, 0.717) is 6.07 Å². The molecule has 1 nitrogen and oxygen atoms in total. The standard InChI is InChI=1S/C8H3BrF4O/c9-6-4(3-14)1-2-5(7(6)10)8(11,12)13/h1-3H. The second kappa shape index (κ2) is 3.68. The van der Waals surface area contributed by atoms with Gasteiger partial charge in [-0.05, 0) is 28.1 Å². The minimum Gasteiger partial charge on any atom is -0.298 e. The summed E-state index contributed by atoms with van der Waals surface area (Å²) in [7, 11) is 0. The van der Waals surface area contributed by atoms with E-state index in [1.807, 2.05) is 0 Å². The number of aldehydes is 1. The van der Waals surface area contributed by atoms with E-state index in [-0.39, 0.29) is 11.8 Å². The van der Waals surface area contributed by atoms with Crippen LogP contribution in [0, 0.1) is 5.82 Å². The first-order valence-electron chi connectivity index (χ1n) is 3.38. The van der Waals surface area contributed by atoms with Gasteiger partial charge in [-0.15, -0.1) is 0 Å². The zero-order valence-corrected chi connectivity index (χ0v) is 8.12. The van der Waals surface area contributed by atoms with Gasteiger partial charge in [0.2, 0.25) is 0 Å². The van der Waals surface area contributed by atoms with Crippen molar-refractivity contribution in [2.24, 2.45) is 0 Å². The van der Waals surface area contributed by atoms with Crippen LogP contribution in [-0.2, 0) is 6.18 Å². The highest BCUT2D eigenvalue weighted by Gasteiger charge is 2.35. The molecule has 0 aliphatic carbocycles. The molecule has 0 saturated heterocycles. The monoisotopic (exact) mass is 270 g/mol. The summed E-state index contributed by atoms with van der Waals surface area (Å²) in [5.41, 5.74) is -1.55. The smallest absolute Gasteiger partial charge is 0.298 e. The number of hydrogen-bond donors (Lipinski definition) is 0. The molecule has 0 aromatic heterocycles. The van der Waals surface area contributed by atoms with Gasteiger partial charge < -0.3 is 0 Å². The highest BCUT2D eigenvalue weighted by Crippen LogP contribution is 2.34. The number of carbonyl (C=O) groups excluding carboxylic acids is 1. The van der Waals surface area contributed by atoms with Gasteiger partial charge in [0.05, 0.1) is 10.0 Å². The molecular weight excluding hydrogens is 268 g/mol. The predicted molar refractivity (Wildman–Crippen MR) is 44.5 cm³/mol. The van der Waals surface area contributed by atoms with Crippen LogP contribution in [0.1, 0.15) is 15.9 Å². The lowest BCUT2D eigenvalue weighted by molar-refractivity contribution is -0.140. The van der Waals surface area contributed by atoms with Crippen molar-refractivity contribution in [1.29, 1.82) is 0 Å². The molecular formula is C8H3BrF4O. The van der Waals surface area contributed by atoms with E-state index in [2.05, 4.69) is 15.9 Å². The summed E-state index contributed by atoms with van der Waals surface area (Å²) in [4.78, 5) is 10.3. The van der Waals surface area contributed by atoms with Crippen molar-refractivity contribution < 1.29 is 22.4 Å². The number of halogens is 5. The molecule has 0 heterocycles. The van der Waals surface area contributed by atoms with Crippen LogP contribution in [0.25, 0.3) is 0 Å². The Morgan fingerprint density at radius 2 is 1.86 bits per heavy atom. The van der Waals surface area contributed by atoms with Gasteiger partial charge in [-0.1, -0.05) is 0 Å². The van der Waals surface area contributed by atoms with Gasteiger partial charge >= 0.3 is 6.18 Å². The van der Waals surface area contributed by atoms with Crippen LogP contribution < -0.4 is 0 Å². The van der Waals surface area contributed by atoms with Gasteiger partial charge in [0, 0.05) is 5.56 Å². The molecule has 0 fully saturated rings. The summed E-state index contributed by atoms with van der Waals surface area (Å²) in [6, 6.07) is 1.44. The van der Waals surface area contributed by atoms with Crippen LogP contribution in [-0.4, -0.2) is 6.29 Å². The first-order chi connectivity index (χ1) is 6.38. The fourth-order valence-electron chi connectivity index (χ4n) is 0.874.